The Labute approximate surface area is 92.2 Å². The second kappa shape index (κ2) is 5.47. The van der Waals surface area contributed by atoms with Crippen molar-refractivity contribution in [2.45, 2.75) is 26.8 Å². The number of hydrogen-bond acceptors (Lipinski definition) is 3. The first-order valence-corrected chi connectivity index (χ1v) is 5.74. The van der Waals surface area contributed by atoms with Crippen LogP contribution in [0.25, 0.3) is 0 Å². The van der Waals surface area contributed by atoms with E-state index in [0.29, 0.717) is 24.9 Å². The molecule has 1 rings (SSSR count). The second-order valence-electron chi connectivity index (χ2n) is 4.95. The number of nitrogens with one attached hydrogen (secondary N) is 1. The molecule has 1 saturated heterocycles. The molecule has 1 amide bonds. The van der Waals surface area contributed by atoms with Gasteiger partial charge in [-0.3, -0.25) is 9.69 Å². The molecule has 1 aliphatic rings. The average Bonchev–Trinajstić information content (AvgIpc) is 2.16. The van der Waals surface area contributed by atoms with E-state index in [1.807, 2.05) is 0 Å². The summed E-state index contributed by atoms with van der Waals surface area (Å²) in [6.45, 7) is 9.48. The van der Waals surface area contributed by atoms with Gasteiger partial charge in [-0.15, -0.1) is 0 Å². The van der Waals surface area contributed by atoms with Gasteiger partial charge in [0, 0.05) is 19.1 Å². The molecule has 0 aromatic heterocycles. The molecule has 0 radical (unpaired) electrons. The van der Waals surface area contributed by atoms with Gasteiger partial charge < -0.3 is 11.1 Å². The Balaban J connectivity index is 2.48. The maximum atomic E-state index is 11.5. The van der Waals surface area contributed by atoms with Crippen LogP contribution in [0.5, 0.6) is 0 Å². The number of piperazine rings is 1. The van der Waals surface area contributed by atoms with Crippen molar-refractivity contribution >= 4 is 5.91 Å². The third kappa shape index (κ3) is 3.80. The SMILES string of the molecule is CC(CN)CN1CC(=O)NC(C(C)C)C1. The molecule has 88 valence electrons. The van der Waals surface area contributed by atoms with Gasteiger partial charge in [0.15, 0.2) is 0 Å². The minimum absolute atomic E-state index is 0.143. The Morgan fingerprint density at radius 2 is 2.20 bits per heavy atom. The van der Waals surface area contributed by atoms with Gasteiger partial charge in [0.2, 0.25) is 5.91 Å². The Hall–Kier alpha value is -0.610. The van der Waals surface area contributed by atoms with Gasteiger partial charge in [0.25, 0.3) is 0 Å². The van der Waals surface area contributed by atoms with Crippen LogP contribution in [0.2, 0.25) is 0 Å². The molecule has 0 aliphatic carbocycles. The van der Waals surface area contributed by atoms with Gasteiger partial charge in [0.05, 0.1) is 6.54 Å². The summed E-state index contributed by atoms with van der Waals surface area (Å²) < 4.78 is 0. The number of nitrogens with zero attached hydrogens (tertiary/aromatic N) is 1. The molecule has 2 unspecified atom stereocenters. The van der Waals surface area contributed by atoms with Crippen LogP contribution in [-0.4, -0.2) is 43.0 Å². The van der Waals surface area contributed by atoms with Gasteiger partial charge >= 0.3 is 0 Å². The first-order valence-electron chi connectivity index (χ1n) is 5.74. The van der Waals surface area contributed by atoms with Crippen LogP contribution in [0.3, 0.4) is 0 Å². The molecule has 0 aromatic rings. The highest BCUT2D eigenvalue weighted by atomic mass is 16.2. The number of hydrogen-bond donors (Lipinski definition) is 2. The van der Waals surface area contributed by atoms with Crippen molar-refractivity contribution in [3.05, 3.63) is 0 Å². The van der Waals surface area contributed by atoms with E-state index in [1.165, 1.54) is 0 Å². The van der Waals surface area contributed by atoms with Crippen LogP contribution in [0.1, 0.15) is 20.8 Å². The van der Waals surface area contributed by atoms with E-state index in [0.717, 1.165) is 13.1 Å². The van der Waals surface area contributed by atoms with Crippen molar-refractivity contribution in [1.29, 1.82) is 0 Å². The standard InChI is InChI=1S/C11H23N3O/c1-8(2)10-6-14(5-9(3)4-12)7-11(15)13-10/h8-10H,4-7,12H2,1-3H3,(H,13,15). The van der Waals surface area contributed by atoms with E-state index < -0.39 is 0 Å². The van der Waals surface area contributed by atoms with E-state index in [4.69, 9.17) is 5.73 Å². The maximum absolute atomic E-state index is 11.5. The fourth-order valence-electron chi connectivity index (χ4n) is 1.88. The van der Waals surface area contributed by atoms with E-state index >= 15 is 0 Å². The second-order valence-corrected chi connectivity index (χ2v) is 4.95. The quantitative estimate of drug-likeness (QED) is 0.693. The molecule has 4 heteroatoms. The van der Waals surface area contributed by atoms with Crippen molar-refractivity contribution in [3.8, 4) is 0 Å². The van der Waals surface area contributed by atoms with Crippen molar-refractivity contribution in [3.63, 3.8) is 0 Å². The summed E-state index contributed by atoms with van der Waals surface area (Å²) in [6, 6.07) is 0.288. The summed E-state index contributed by atoms with van der Waals surface area (Å²) in [5.74, 6) is 1.10. The van der Waals surface area contributed by atoms with Gasteiger partial charge in [-0.1, -0.05) is 20.8 Å². The molecule has 1 fully saturated rings. The molecule has 0 spiro atoms. The zero-order valence-corrected chi connectivity index (χ0v) is 9.99. The monoisotopic (exact) mass is 213 g/mol. The van der Waals surface area contributed by atoms with Gasteiger partial charge in [-0.25, -0.2) is 0 Å². The Kier molecular flexibility index (Phi) is 4.54. The predicted octanol–water partition coefficient (Wildman–Crippen LogP) is 0.0376. The fraction of sp³-hybridized carbons (Fsp3) is 0.909. The zero-order valence-electron chi connectivity index (χ0n) is 9.99. The number of rotatable bonds is 4. The van der Waals surface area contributed by atoms with Crippen LogP contribution in [-0.2, 0) is 4.79 Å². The largest absolute Gasteiger partial charge is 0.351 e. The van der Waals surface area contributed by atoms with Gasteiger partial charge in [-0.05, 0) is 18.4 Å². The smallest absolute Gasteiger partial charge is 0.234 e. The minimum atomic E-state index is 0.143. The summed E-state index contributed by atoms with van der Waals surface area (Å²) in [5.41, 5.74) is 5.59. The molecule has 1 aliphatic heterocycles. The fourth-order valence-corrected chi connectivity index (χ4v) is 1.88. The first kappa shape index (κ1) is 12.5. The van der Waals surface area contributed by atoms with Crippen molar-refractivity contribution in [2.24, 2.45) is 17.6 Å². The molecule has 15 heavy (non-hydrogen) atoms. The van der Waals surface area contributed by atoms with Crippen LogP contribution >= 0.6 is 0 Å². The van der Waals surface area contributed by atoms with Crippen LogP contribution in [0.4, 0.5) is 0 Å². The van der Waals surface area contributed by atoms with E-state index in [-0.39, 0.29) is 11.9 Å². The Morgan fingerprint density at radius 3 is 2.73 bits per heavy atom. The third-order valence-electron chi connectivity index (χ3n) is 2.95. The highest BCUT2D eigenvalue weighted by molar-refractivity contribution is 5.79. The third-order valence-corrected chi connectivity index (χ3v) is 2.95. The van der Waals surface area contributed by atoms with Crippen molar-refractivity contribution in [2.75, 3.05) is 26.2 Å². The molecular weight excluding hydrogens is 190 g/mol. The topological polar surface area (TPSA) is 58.4 Å². The van der Waals surface area contributed by atoms with E-state index in [9.17, 15) is 4.79 Å². The summed E-state index contributed by atoms with van der Waals surface area (Å²) in [5, 5.41) is 3.03. The van der Waals surface area contributed by atoms with Crippen molar-refractivity contribution in [1.82, 2.24) is 10.2 Å². The summed E-state index contributed by atoms with van der Waals surface area (Å²) >= 11 is 0. The Bertz CT molecular complexity index is 218. The number of carbonyl (C=O) groups is 1. The predicted molar refractivity (Wildman–Crippen MR) is 61.4 cm³/mol. The van der Waals surface area contributed by atoms with Crippen LogP contribution < -0.4 is 11.1 Å². The number of amides is 1. The molecule has 0 bridgehead atoms. The van der Waals surface area contributed by atoms with E-state index in [1.54, 1.807) is 0 Å². The maximum Gasteiger partial charge on any atom is 0.234 e. The summed E-state index contributed by atoms with van der Waals surface area (Å²) in [6.07, 6.45) is 0. The zero-order chi connectivity index (χ0) is 11.4. The summed E-state index contributed by atoms with van der Waals surface area (Å²) in [7, 11) is 0. The van der Waals surface area contributed by atoms with Crippen molar-refractivity contribution < 1.29 is 4.79 Å². The molecule has 2 atom stereocenters. The highest BCUT2D eigenvalue weighted by Gasteiger charge is 2.26. The average molecular weight is 213 g/mol. The highest BCUT2D eigenvalue weighted by Crippen LogP contribution is 2.10. The number of nitrogens with two attached hydrogens (primary N) is 1. The molecular formula is C11H23N3O. The molecule has 0 saturated carbocycles. The summed E-state index contributed by atoms with van der Waals surface area (Å²) in [4.78, 5) is 13.7. The first-order chi connectivity index (χ1) is 7.02. The molecule has 4 nitrogen and oxygen atoms in total. The van der Waals surface area contributed by atoms with E-state index in [2.05, 4.69) is 31.0 Å². The van der Waals surface area contributed by atoms with Gasteiger partial charge in [0.1, 0.15) is 0 Å². The van der Waals surface area contributed by atoms with Crippen LogP contribution in [0, 0.1) is 11.8 Å². The lowest BCUT2D eigenvalue weighted by Gasteiger charge is -2.36. The molecule has 1 heterocycles. The lowest BCUT2D eigenvalue weighted by Crippen LogP contribution is -2.56. The lowest BCUT2D eigenvalue weighted by atomic mass is 10.0. The van der Waals surface area contributed by atoms with Gasteiger partial charge in [-0.2, -0.15) is 0 Å². The normalized spacial score (nSPS) is 25.4. The molecule has 0 aromatic carbocycles. The lowest BCUT2D eigenvalue weighted by molar-refractivity contribution is -0.126. The molecule has 3 N–H and O–H groups in total. The minimum Gasteiger partial charge on any atom is -0.351 e. The number of carbonyl (C=O) groups excluding carboxylic acids is 1. The Morgan fingerprint density at radius 1 is 1.53 bits per heavy atom. The van der Waals surface area contributed by atoms with Crippen LogP contribution in [0.15, 0.2) is 0 Å².